The minimum absolute atomic E-state index is 0.0105. The number of anilines is 1. The molecule has 0 atom stereocenters. The minimum Gasteiger partial charge on any atom is -0.347 e. The van der Waals surface area contributed by atoms with Gasteiger partial charge in [-0.1, -0.05) is 0 Å². The number of hydrogen-bond acceptors (Lipinski definition) is 5. The summed E-state index contributed by atoms with van der Waals surface area (Å²) in [6, 6.07) is 1.87. The fourth-order valence-corrected chi connectivity index (χ4v) is 3.54. The first-order valence-electron chi connectivity index (χ1n) is 10.3. The summed E-state index contributed by atoms with van der Waals surface area (Å²) < 4.78 is 2.00. The Balaban J connectivity index is 1.52. The van der Waals surface area contributed by atoms with Crippen LogP contribution in [-0.2, 0) is 11.3 Å². The number of rotatable bonds is 7. The van der Waals surface area contributed by atoms with E-state index in [0.717, 1.165) is 36.7 Å². The minimum atomic E-state index is -0.235. The van der Waals surface area contributed by atoms with Crippen LogP contribution in [0.1, 0.15) is 36.2 Å². The van der Waals surface area contributed by atoms with Crippen molar-refractivity contribution in [3.05, 3.63) is 30.4 Å². The topological polar surface area (TPSA) is 83.4 Å². The first kappa shape index (κ1) is 19.4. The van der Waals surface area contributed by atoms with E-state index in [0.29, 0.717) is 11.6 Å². The molecule has 1 aliphatic carbocycles. The van der Waals surface area contributed by atoms with Crippen LogP contribution in [0.3, 0.4) is 0 Å². The summed E-state index contributed by atoms with van der Waals surface area (Å²) in [6.45, 7) is 2.82. The van der Waals surface area contributed by atoms with Gasteiger partial charge in [-0.05, 0) is 37.7 Å². The first-order chi connectivity index (χ1) is 14.0. The molecule has 0 unspecified atom stereocenters. The molecule has 29 heavy (non-hydrogen) atoms. The lowest BCUT2D eigenvalue weighted by atomic mass is 10.2. The zero-order chi connectivity index (χ0) is 20.4. The van der Waals surface area contributed by atoms with Gasteiger partial charge in [0.1, 0.15) is 5.69 Å². The van der Waals surface area contributed by atoms with Gasteiger partial charge >= 0.3 is 0 Å². The molecular weight excluding hydrogens is 368 g/mol. The largest absolute Gasteiger partial charge is 0.347 e. The van der Waals surface area contributed by atoms with Gasteiger partial charge in [0.15, 0.2) is 0 Å². The van der Waals surface area contributed by atoms with Gasteiger partial charge in [0.2, 0.25) is 11.9 Å². The van der Waals surface area contributed by atoms with Crippen molar-refractivity contribution in [1.82, 2.24) is 24.8 Å². The summed E-state index contributed by atoms with van der Waals surface area (Å²) in [6.07, 6.45) is 10.4. The monoisotopic (exact) mass is 396 g/mol. The van der Waals surface area contributed by atoms with E-state index < -0.39 is 0 Å². The normalized spacial score (nSPS) is 16.1. The summed E-state index contributed by atoms with van der Waals surface area (Å²) >= 11 is 0. The zero-order valence-corrected chi connectivity index (χ0v) is 17.1. The van der Waals surface area contributed by atoms with Crippen molar-refractivity contribution in [1.29, 1.82) is 0 Å². The molecule has 2 aromatic heterocycles. The van der Waals surface area contributed by atoms with Gasteiger partial charge in [-0.25, -0.2) is 9.97 Å². The Kier molecular flexibility index (Phi) is 5.51. The van der Waals surface area contributed by atoms with Crippen LogP contribution in [0, 0.1) is 5.92 Å². The molecule has 0 spiro atoms. The number of nitrogens with zero attached hydrogens (tertiary/aromatic N) is 5. The van der Waals surface area contributed by atoms with Crippen molar-refractivity contribution >= 4 is 17.8 Å². The smallest absolute Gasteiger partial charge is 0.268 e. The Morgan fingerprint density at radius 2 is 1.83 bits per heavy atom. The van der Waals surface area contributed by atoms with Crippen molar-refractivity contribution in [3.63, 3.8) is 0 Å². The number of aromatic nitrogens is 3. The zero-order valence-electron chi connectivity index (χ0n) is 17.1. The average molecular weight is 396 g/mol. The Bertz CT molecular complexity index is 879. The fraction of sp³-hybridized carbons (Fsp3) is 0.524. The molecule has 0 aromatic carbocycles. The maximum atomic E-state index is 12.7. The van der Waals surface area contributed by atoms with E-state index in [9.17, 15) is 9.59 Å². The van der Waals surface area contributed by atoms with Crippen LogP contribution in [0.4, 0.5) is 5.95 Å². The molecule has 1 N–H and O–H groups in total. The second-order valence-corrected chi connectivity index (χ2v) is 8.15. The molecular formula is C21H28N6O2. The molecule has 2 aliphatic rings. The van der Waals surface area contributed by atoms with Gasteiger partial charge in [-0.2, -0.15) is 0 Å². The molecule has 1 aliphatic heterocycles. The molecule has 2 fully saturated rings. The Morgan fingerprint density at radius 3 is 2.45 bits per heavy atom. The van der Waals surface area contributed by atoms with E-state index in [2.05, 4.69) is 20.2 Å². The van der Waals surface area contributed by atoms with Gasteiger partial charge in [0.05, 0.1) is 6.54 Å². The predicted molar refractivity (Wildman–Crippen MR) is 111 cm³/mol. The van der Waals surface area contributed by atoms with E-state index in [1.165, 1.54) is 30.6 Å². The lowest BCUT2D eigenvalue weighted by Crippen LogP contribution is -2.37. The molecule has 0 bridgehead atoms. The molecule has 1 saturated carbocycles. The third kappa shape index (κ3) is 4.58. The lowest BCUT2D eigenvalue weighted by Gasteiger charge is -2.14. The van der Waals surface area contributed by atoms with Crippen LogP contribution in [0.15, 0.2) is 24.7 Å². The van der Waals surface area contributed by atoms with Crippen LogP contribution in [0.5, 0.6) is 0 Å². The number of nitrogens with one attached hydrogen (secondary N) is 1. The number of amides is 2. The van der Waals surface area contributed by atoms with Gasteiger partial charge in [0.25, 0.3) is 5.91 Å². The Morgan fingerprint density at radius 1 is 1.14 bits per heavy atom. The van der Waals surface area contributed by atoms with Crippen LogP contribution < -0.4 is 10.2 Å². The van der Waals surface area contributed by atoms with Gasteiger partial charge in [-0.3, -0.25) is 9.59 Å². The summed E-state index contributed by atoms with van der Waals surface area (Å²) in [5.41, 5.74) is 2.38. The van der Waals surface area contributed by atoms with Crippen molar-refractivity contribution in [3.8, 4) is 11.1 Å². The molecule has 154 valence electrons. The third-order valence-corrected chi connectivity index (χ3v) is 5.54. The van der Waals surface area contributed by atoms with E-state index >= 15 is 0 Å². The maximum absolute atomic E-state index is 12.7. The van der Waals surface area contributed by atoms with Crippen molar-refractivity contribution in [2.24, 2.45) is 5.92 Å². The number of carbonyl (C=O) groups excluding carboxylic acids is 2. The molecule has 3 heterocycles. The van der Waals surface area contributed by atoms with Crippen LogP contribution >= 0.6 is 0 Å². The molecule has 4 rings (SSSR count). The van der Waals surface area contributed by atoms with Crippen molar-refractivity contribution < 1.29 is 9.59 Å². The van der Waals surface area contributed by atoms with Crippen LogP contribution in [-0.4, -0.2) is 65.0 Å². The maximum Gasteiger partial charge on any atom is 0.268 e. The quantitative estimate of drug-likeness (QED) is 0.771. The SMILES string of the molecule is CN(C)C(=O)CNC(=O)c1cc(-c2cnc(N3CCCC3)nc2)cn1CC1CC1. The van der Waals surface area contributed by atoms with Crippen molar-refractivity contribution in [2.45, 2.75) is 32.2 Å². The average Bonchev–Trinajstić information content (AvgIpc) is 3.19. The number of hydrogen-bond donors (Lipinski definition) is 1. The highest BCUT2D eigenvalue weighted by molar-refractivity contribution is 5.96. The van der Waals surface area contributed by atoms with Crippen molar-refractivity contribution in [2.75, 3.05) is 38.6 Å². The lowest BCUT2D eigenvalue weighted by molar-refractivity contribution is -0.127. The highest BCUT2D eigenvalue weighted by atomic mass is 16.2. The van der Waals surface area contributed by atoms with E-state index in [1.54, 1.807) is 14.1 Å². The molecule has 2 amide bonds. The number of carbonyl (C=O) groups is 2. The summed E-state index contributed by atoms with van der Waals surface area (Å²) in [7, 11) is 3.35. The van der Waals surface area contributed by atoms with E-state index in [1.807, 2.05) is 29.2 Å². The molecule has 2 aromatic rings. The number of likely N-dealkylation sites (N-methyl/N-ethyl adjacent to an activating group) is 1. The fourth-order valence-electron chi connectivity index (χ4n) is 3.54. The van der Waals surface area contributed by atoms with E-state index in [-0.39, 0.29) is 18.4 Å². The molecule has 8 nitrogen and oxygen atoms in total. The van der Waals surface area contributed by atoms with Gasteiger partial charge in [-0.15, -0.1) is 0 Å². The molecule has 1 saturated heterocycles. The summed E-state index contributed by atoms with van der Waals surface area (Å²) in [5.74, 6) is 1.02. The highest BCUT2D eigenvalue weighted by Crippen LogP contribution is 2.32. The Hall–Kier alpha value is -2.90. The molecule has 0 radical (unpaired) electrons. The third-order valence-electron chi connectivity index (χ3n) is 5.54. The Labute approximate surface area is 170 Å². The van der Waals surface area contributed by atoms with Gasteiger partial charge < -0.3 is 19.7 Å². The summed E-state index contributed by atoms with van der Waals surface area (Å²) in [5, 5.41) is 2.74. The summed E-state index contributed by atoms with van der Waals surface area (Å²) in [4.78, 5) is 37.2. The second kappa shape index (κ2) is 8.23. The second-order valence-electron chi connectivity index (χ2n) is 8.15. The standard InChI is InChI=1S/C21H28N6O2/c1-25(2)19(28)12-22-20(29)18-9-16(14-27(18)13-15-5-6-15)17-10-23-21(24-11-17)26-7-3-4-8-26/h9-11,14-15H,3-8,12-13H2,1-2H3,(H,22,29). The highest BCUT2D eigenvalue weighted by Gasteiger charge is 2.25. The first-order valence-corrected chi connectivity index (χ1v) is 10.3. The van der Waals surface area contributed by atoms with Gasteiger partial charge in [0, 0.05) is 63.4 Å². The van der Waals surface area contributed by atoms with Crippen LogP contribution in [0.25, 0.3) is 11.1 Å². The van der Waals surface area contributed by atoms with Crippen LogP contribution in [0.2, 0.25) is 0 Å². The molecule has 8 heteroatoms. The van der Waals surface area contributed by atoms with E-state index in [4.69, 9.17) is 0 Å². The predicted octanol–water partition coefficient (Wildman–Crippen LogP) is 1.77.